The SMILES string of the molecule is C.O=C(Cc1ccc(-c2ccccc2)c(F)c1)OCCCO[N+](=O)[O-]. The summed E-state index contributed by atoms with van der Waals surface area (Å²) in [5, 5.41) is 9.04. The molecule has 6 nitrogen and oxygen atoms in total. The number of ether oxygens (including phenoxy) is 1. The van der Waals surface area contributed by atoms with Gasteiger partial charge in [0.15, 0.2) is 0 Å². The quantitative estimate of drug-likeness (QED) is 0.313. The second-order valence-electron chi connectivity index (χ2n) is 4.99. The average molecular weight is 349 g/mol. The number of nitrogens with zero attached hydrogens (tertiary/aromatic N) is 1. The lowest BCUT2D eigenvalue weighted by Gasteiger charge is -2.07. The molecule has 0 aliphatic heterocycles. The molecule has 2 aromatic rings. The Morgan fingerprint density at radius 2 is 1.84 bits per heavy atom. The Morgan fingerprint density at radius 3 is 2.48 bits per heavy atom. The van der Waals surface area contributed by atoms with Gasteiger partial charge in [-0.15, -0.1) is 10.1 Å². The Morgan fingerprint density at radius 1 is 1.12 bits per heavy atom. The van der Waals surface area contributed by atoms with Gasteiger partial charge >= 0.3 is 5.97 Å². The van der Waals surface area contributed by atoms with Crippen molar-refractivity contribution >= 4 is 5.97 Å². The van der Waals surface area contributed by atoms with Gasteiger partial charge in [0.25, 0.3) is 5.09 Å². The van der Waals surface area contributed by atoms with E-state index >= 15 is 0 Å². The first-order chi connectivity index (χ1) is 11.6. The fourth-order valence-electron chi connectivity index (χ4n) is 2.12. The highest BCUT2D eigenvalue weighted by atomic mass is 19.1. The van der Waals surface area contributed by atoms with Crippen molar-refractivity contribution in [2.75, 3.05) is 13.2 Å². The van der Waals surface area contributed by atoms with Crippen molar-refractivity contribution in [3.05, 3.63) is 70.0 Å². The Kier molecular flexibility index (Phi) is 8.05. The van der Waals surface area contributed by atoms with Crippen molar-refractivity contribution in [1.29, 1.82) is 0 Å². The molecule has 0 saturated carbocycles. The maximum atomic E-state index is 14.2. The summed E-state index contributed by atoms with van der Waals surface area (Å²) in [5.74, 6) is -0.936. The molecule has 0 aliphatic carbocycles. The van der Waals surface area contributed by atoms with Crippen LogP contribution < -0.4 is 0 Å². The topological polar surface area (TPSA) is 78.7 Å². The van der Waals surface area contributed by atoms with Gasteiger partial charge in [-0.1, -0.05) is 49.9 Å². The number of carbonyl (C=O) groups excluding carboxylic acids is 1. The molecule has 2 aromatic carbocycles. The molecule has 0 unspecified atom stereocenters. The minimum atomic E-state index is -0.904. The first-order valence-corrected chi connectivity index (χ1v) is 7.33. The van der Waals surface area contributed by atoms with Gasteiger partial charge in [0.05, 0.1) is 19.6 Å². The van der Waals surface area contributed by atoms with Crippen LogP contribution in [0, 0.1) is 15.9 Å². The van der Waals surface area contributed by atoms with E-state index in [-0.39, 0.29) is 33.5 Å². The molecule has 0 spiro atoms. The van der Waals surface area contributed by atoms with Crippen LogP contribution in [0.1, 0.15) is 19.4 Å². The Balaban J connectivity index is 0.00000312. The zero-order chi connectivity index (χ0) is 17.4. The van der Waals surface area contributed by atoms with Crippen molar-refractivity contribution in [3.8, 4) is 11.1 Å². The van der Waals surface area contributed by atoms with Gasteiger partial charge in [0.2, 0.25) is 0 Å². The molecule has 0 atom stereocenters. The lowest BCUT2D eigenvalue weighted by Crippen LogP contribution is -2.11. The molecule has 134 valence electrons. The third kappa shape index (κ3) is 6.58. The van der Waals surface area contributed by atoms with Crippen LogP contribution in [0.3, 0.4) is 0 Å². The molecule has 0 N–H and O–H groups in total. The summed E-state index contributed by atoms with van der Waals surface area (Å²) in [4.78, 5) is 25.7. The van der Waals surface area contributed by atoms with E-state index in [2.05, 4.69) is 4.84 Å². The van der Waals surface area contributed by atoms with Gasteiger partial charge < -0.3 is 9.57 Å². The number of hydrogen-bond acceptors (Lipinski definition) is 5. The summed E-state index contributed by atoms with van der Waals surface area (Å²) in [6.07, 6.45) is 0.149. The second-order valence-corrected chi connectivity index (χ2v) is 4.99. The number of benzene rings is 2. The van der Waals surface area contributed by atoms with Crippen molar-refractivity contribution in [1.82, 2.24) is 0 Å². The van der Waals surface area contributed by atoms with Crippen molar-refractivity contribution in [2.24, 2.45) is 0 Å². The summed E-state index contributed by atoms with van der Waals surface area (Å²) in [6, 6.07) is 13.7. The van der Waals surface area contributed by atoms with E-state index in [0.29, 0.717) is 11.1 Å². The lowest BCUT2D eigenvalue weighted by molar-refractivity contribution is -0.757. The van der Waals surface area contributed by atoms with Crippen LogP contribution in [0.5, 0.6) is 0 Å². The van der Waals surface area contributed by atoms with E-state index in [1.807, 2.05) is 18.2 Å². The highest BCUT2D eigenvalue weighted by Gasteiger charge is 2.09. The molecule has 7 heteroatoms. The van der Waals surface area contributed by atoms with Gasteiger partial charge in [-0.2, -0.15) is 0 Å². The number of hydrogen-bond donors (Lipinski definition) is 0. The largest absolute Gasteiger partial charge is 0.465 e. The van der Waals surface area contributed by atoms with Gasteiger partial charge in [0.1, 0.15) is 5.82 Å². The summed E-state index contributed by atoms with van der Waals surface area (Å²) in [7, 11) is 0. The maximum absolute atomic E-state index is 14.2. The minimum Gasteiger partial charge on any atom is -0.465 e. The van der Waals surface area contributed by atoms with E-state index in [4.69, 9.17) is 4.74 Å². The molecule has 0 amide bonds. The highest BCUT2D eigenvalue weighted by Crippen LogP contribution is 2.23. The van der Waals surface area contributed by atoms with Gasteiger partial charge in [-0.05, 0) is 17.2 Å². The Hall–Kier alpha value is -2.96. The molecule has 0 aliphatic rings. The standard InChI is InChI=1S/C17H16FNO5.CH4/c18-16-11-13(7-8-15(16)14-5-2-1-3-6-14)12-17(20)23-9-4-10-24-19(21)22;/h1-3,5-8,11H,4,9-10,12H2;1H4. The summed E-state index contributed by atoms with van der Waals surface area (Å²) < 4.78 is 19.1. The monoisotopic (exact) mass is 349 g/mol. The molecular weight excluding hydrogens is 329 g/mol. The summed E-state index contributed by atoms with van der Waals surface area (Å²) >= 11 is 0. The summed E-state index contributed by atoms with van der Waals surface area (Å²) in [5.41, 5.74) is 1.72. The zero-order valence-electron chi connectivity index (χ0n) is 12.8. The molecule has 0 radical (unpaired) electrons. The number of halogens is 1. The van der Waals surface area contributed by atoms with Crippen LogP contribution in [0.25, 0.3) is 11.1 Å². The van der Waals surface area contributed by atoms with Crippen LogP contribution in [0.2, 0.25) is 0 Å². The number of esters is 1. The van der Waals surface area contributed by atoms with Crippen LogP contribution in [0.15, 0.2) is 48.5 Å². The maximum Gasteiger partial charge on any atom is 0.310 e. The third-order valence-corrected chi connectivity index (χ3v) is 3.22. The van der Waals surface area contributed by atoms with Gasteiger partial charge in [-0.3, -0.25) is 4.79 Å². The molecular formula is C18H20FNO5. The normalized spacial score (nSPS) is 9.80. The highest BCUT2D eigenvalue weighted by molar-refractivity contribution is 5.73. The first-order valence-electron chi connectivity index (χ1n) is 7.33. The fraction of sp³-hybridized carbons (Fsp3) is 0.278. The molecule has 0 heterocycles. The van der Waals surface area contributed by atoms with E-state index in [0.717, 1.165) is 5.56 Å². The van der Waals surface area contributed by atoms with Crippen molar-refractivity contribution in [3.63, 3.8) is 0 Å². The second kappa shape index (κ2) is 10.0. The number of rotatable bonds is 8. The minimum absolute atomic E-state index is 0. The molecule has 0 bridgehead atoms. The van der Waals surface area contributed by atoms with E-state index in [9.17, 15) is 19.3 Å². The van der Waals surface area contributed by atoms with Crippen LogP contribution in [0.4, 0.5) is 4.39 Å². The molecule has 25 heavy (non-hydrogen) atoms. The average Bonchev–Trinajstić information content (AvgIpc) is 2.55. The van der Waals surface area contributed by atoms with Gasteiger partial charge in [-0.25, -0.2) is 4.39 Å². The van der Waals surface area contributed by atoms with E-state index in [1.165, 1.54) is 6.07 Å². The van der Waals surface area contributed by atoms with Gasteiger partial charge in [0, 0.05) is 12.0 Å². The Labute approximate surface area is 145 Å². The Bertz CT molecular complexity index is 706. The first kappa shape index (κ1) is 20.1. The molecule has 2 rings (SSSR count). The predicted octanol–water partition coefficient (Wildman–Crippen LogP) is 3.81. The van der Waals surface area contributed by atoms with Crippen LogP contribution in [-0.4, -0.2) is 24.3 Å². The predicted molar refractivity (Wildman–Crippen MR) is 90.8 cm³/mol. The lowest BCUT2D eigenvalue weighted by atomic mass is 10.0. The zero-order valence-corrected chi connectivity index (χ0v) is 12.8. The molecule has 0 fully saturated rings. The fourth-order valence-corrected chi connectivity index (χ4v) is 2.12. The molecule has 0 aromatic heterocycles. The third-order valence-electron chi connectivity index (χ3n) is 3.22. The number of carbonyl (C=O) groups is 1. The van der Waals surface area contributed by atoms with Crippen LogP contribution in [-0.2, 0) is 20.8 Å². The van der Waals surface area contributed by atoms with Crippen LogP contribution >= 0.6 is 0 Å². The van der Waals surface area contributed by atoms with E-state index in [1.54, 1.807) is 24.3 Å². The van der Waals surface area contributed by atoms with Crippen molar-refractivity contribution < 1.29 is 23.8 Å². The summed E-state index contributed by atoms with van der Waals surface area (Å²) in [6.45, 7) is -0.127. The van der Waals surface area contributed by atoms with Crippen molar-refractivity contribution in [2.45, 2.75) is 20.3 Å². The molecule has 0 saturated heterocycles. The van der Waals surface area contributed by atoms with E-state index < -0.39 is 16.9 Å². The smallest absolute Gasteiger partial charge is 0.310 e.